The molecule has 0 aliphatic rings. The van der Waals surface area contributed by atoms with Gasteiger partial charge in [-0.05, 0) is 41.3 Å². The number of carbonyl (C=O) groups excluding carboxylic acids is 1. The maximum atomic E-state index is 12.5. The Balaban J connectivity index is 1.81. The molecule has 0 bridgehead atoms. The summed E-state index contributed by atoms with van der Waals surface area (Å²) < 4.78 is 30.1. The fraction of sp³-hybridized carbons (Fsp3) is 0.100. The molecule has 0 saturated carbocycles. The third-order valence-electron chi connectivity index (χ3n) is 3.96. The van der Waals surface area contributed by atoms with Crippen molar-refractivity contribution in [2.24, 2.45) is 0 Å². The normalized spacial score (nSPS) is 11.7. The second-order valence-corrected chi connectivity index (χ2v) is 7.84. The van der Waals surface area contributed by atoms with Crippen molar-refractivity contribution in [2.75, 3.05) is 12.9 Å². The molecule has 1 aromatic heterocycles. The van der Waals surface area contributed by atoms with Crippen molar-refractivity contribution < 1.29 is 17.9 Å². The number of carbonyl (C=O) groups is 1. The highest BCUT2D eigenvalue weighted by Crippen LogP contribution is 2.15. The van der Waals surface area contributed by atoms with Gasteiger partial charge in [0.25, 0.3) is 5.56 Å². The van der Waals surface area contributed by atoms with Crippen LogP contribution in [0, 0.1) is 0 Å². The summed E-state index contributed by atoms with van der Waals surface area (Å²) in [5.41, 5.74) is 0.526. The predicted octanol–water partition coefficient (Wildman–Crippen LogP) is 2.59. The quantitative estimate of drug-likeness (QED) is 0.661. The van der Waals surface area contributed by atoms with Crippen molar-refractivity contribution in [1.82, 2.24) is 4.98 Å². The van der Waals surface area contributed by atoms with E-state index in [4.69, 9.17) is 4.74 Å². The zero-order valence-electron chi connectivity index (χ0n) is 14.5. The third-order valence-corrected chi connectivity index (χ3v) is 5.60. The number of ether oxygens (including phenoxy) is 1. The molecule has 0 aliphatic carbocycles. The number of allylic oxidation sites excluding steroid dienone is 1. The van der Waals surface area contributed by atoms with E-state index >= 15 is 0 Å². The van der Waals surface area contributed by atoms with Gasteiger partial charge in [-0.3, -0.25) is 9.59 Å². The maximum absolute atomic E-state index is 12.5. The zero-order valence-corrected chi connectivity index (χ0v) is 15.3. The number of nitrogens with one attached hydrogen (secondary N) is 1. The summed E-state index contributed by atoms with van der Waals surface area (Å²) in [5.74, 6) is -0.712. The summed E-state index contributed by atoms with van der Waals surface area (Å²) in [4.78, 5) is 26.3. The number of fused-ring (bicyclic) bond motifs is 1. The molecular formula is C20H17NO5S. The Morgan fingerprint density at radius 1 is 1.11 bits per heavy atom. The second kappa shape index (κ2) is 7.59. The fourth-order valence-electron chi connectivity index (χ4n) is 2.58. The van der Waals surface area contributed by atoms with E-state index in [1.807, 2.05) is 0 Å². The minimum atomic E-state index is -4.06. The Bertz CT molecular complexity index is 1170. The number of hydrogen-bond donors (Lipinski definition) is 1. The van der Waals surface area contributed by atoms with Crippen molar-refractivity contribution in [3.63, 3.8) is 0 Å². The number of aromatic amines is 1. The molecule has 0 unspecified atom stereocenters. The smallest absolute Gasteiger partial charge is 0.267 e. The molecule has 0 aliphatic heterocycles. The fourth-order valence-corrected chi connectivity index (χ4v) is 3.84. The zero-order chi connectivity index (χ0) is 19.4. The molecule has 1 N–H and O–H groups in total. The molecule has 3 rings (SSSR count). The molecule has 0 atom stereocenters. The van der Waals surface area contributed by atoms with Crippen LogP contribution in [0.25, 0.3) is 17.0 Å². The molecule has 7 heteroatoms. The van der Waals surface area contributed by atoms with E-state index in [9.17, 15) is 18.0 Å². The summed E-state index contributed by atoms with van der Waals surface area (Å²) in [5, 5.41) is 0.580. The lowest BCUT2D eigenvalue weighted by Gasteiger charge is -2.04. The average molecular weight is 383 g/mol. The molecule has 6 nitrogen and oxygen atoms in total. The minimum Gasteiger partial charge on any atom is -0.497 e. The van der Waals surface area contributed by atoms with Crippen molar-refractivity contribution in [3.8, 4) is 5.75 Å². The van der Waals surface area contributed by atoms with E-state index in [2.05, 4.69) is 4.98 Å². The summed E-state index contributed by atoms with van der Waals surface area (Å²) >= 11 is 0. The van der Waals surface area contributed by atoms with Crippen molar-refractivity contribution in [2.45, 2.75) is 4.90 Å². The first kappa shape index (κ1) is 18.6. The highest BCUT2D eigenvalue weighted by atomic mass is 32.2. The van der Waals surface area contributed by atoms with Crippen LogP contribution in [-0.2, 0) is 14.6 Å². The van der Waals surface area contributed by atoms with Gasteiger partial charge >= 0.3 is 0 Å². The van der Waals surface area contributed by atoms with E-state index < -0.39 is 31.8 Å². The van der Waals surface area contributed by atoms with Crippen LogP contribution in [0.2, 0.25) is 0 Å². The van der Waals surface area contributed by atoms with Gasteiger partial charge in [0.1, 0.15) is 16.4 Å². The van der Waals surface area contributed by atoms with Gasteiger partial charge in [-0.25, -0.2) is 8.42 Å². The number of rotatable bonds is 6. The lowest BCUT2D eigenvalue weighted by molar-refractivity contribution is -0.112. The largest absolute Gasteiger partial charge is 0.497 e. The first-order valence-electron chi connectivity index (χ1n) is 8.09. The van der Waals surface area contributed by atoms with E-state index in [1.165, 1.54) is 18.2 Å². The van der Waals surface area contributed by atoms with Gasteiger partial charge in [0, 0.05) is 5.52 Å². The number of para-hydroxylation sites is 1. The Hall–Kier alpha value is -3.19. The van der Waals surface area contributed by atoms with Crippen LogP contribution in [-0.4, -0.2) is 32.0 Å². The van der Waals surface area contributed by atoms with Gasteiger partial charge in [0.05, 0.1) is 7.11 Å². The standard InChI is InChI=1S/C20H17NO5S/c1-26-17-10-7-14(8-11-17)6-9-16(22)13-27(24,25)19-12-15-4-2-3-5-18(15)21-20(19)23/h2-12H,13H2,1H3,(H,21,23). The summed E-state index contributed by atoms with van der Waals surface area (Å²) in [6.07, 6.45) is 2.70. The molecule has 0 spiro atoms. The number of methoxy groups -OCH3 is 1. The molecule has 1 heterocycles. The first-order valence-corrected chi connectivity index (χ1v) is 9.74. The first-order chi connectivity index (χ1) is 12.9. The minimum absolute atomic E-state index is 0.410. The molecule has 0 saturated heterocycles. The molecule has 138 valence electrons. The van der Waals surface area contributed by atoms with Crippen LogP contribution in [0.15, 0.2) is 70.4 Å². The molecule has 2 aromatic carbocycles. The molecule has 27 heavy (non-hydrogen) atoms. The number of ketones is 1. The van der Waals surface area contributed by atoms with Gasteiger partial charge in [0.2, 0.25) is 0 Å². The van der Waals surface area contributed by atoms with Crippen molar-refractivity contribution >= 4 is 32.6 Å². The predicted molar refractivity (Wildman–Crippen MR) is 104 cm³/mol. The lowest BCUT2D eigenvalue weighted by atomic mass is 10.2. The Labute approximate surface area is 156 Å². The van der Waals surface area contributed by atoms with Crippen LogP contribution >= 0.6 is 0 Å². The highest BCUT2D eigenvalue weighted by molar-refractivity contribution is 7.92. The van der Waals surface area contributed by atoms with E-state index in [1.54, 1.807) is 55.6 Å². The number of sulfone groups is 1. The van der Waals surface area contributed by atoms with E-state index in [0.29, 0.717) is 16.7 Å². The van der Waals surface area contributed by atoms with Crippen molar-refractivity contribution in [3.05, 3.63) is 76.6 Å². The van der Waals surface area contributed by atoms with E-state index in [0.717, 1.165) is 5.56 Å². The molecule has 0 fully saturated rings. The van der Waals surface area contributed by atoms with Gasteiger partial charge < -0.3 is 9.72 Å². The van der Waals surface area contributed by atoms with Crippen LogP contribution in [0.4, 0.5) is 0 Å². The van der Waals surface area contributed by atoms with Crippen LogP contribution in [0.3, 0.4) is 0 Å². The number of aromatic nitrogens is 1. The van der Waals surface area contributed by atoms with Crippen LogP contribution in [0.5, 0.6) is 5.75 Å². The SMILES string of the molecule is COc1ccc(C=CC(=O)CS(=O)(=O)c2cc3ccccc3[nH]c2=O)cc1. The molecule has 3 aromatic rings. The second-order valence-electron chi connectivity index (χ2n) is 5.88. The van der Waals surface area contributed by atoms with Crippen molar-refractivity contribution in [1.29, 1.82) is 0 Å². The molecular weight excluding hydrogens is 366 g/mol. The monoisotopic (exact) mass is 383 g/mol. The number of hydrogen-bond acceptors (Lipinski definition) is 5. The van der Waals surface area contributed by atoms with Gasteiger partial charge in [-0.2, -0.15) is 0 Å². The number of pyridine rings is 1. The highest BCUT2D eigenvalue weighted by Gasteiger charge is 2.22. The van der Waals surface area contributed by atoms with Gasteiger partial charge in [0.15, 0.2) is 15.6 Å². The van der Waals surface area contributed by atoms with Gasteiger partial charge in [-0.1, -0.05) is 36.4 Å². The lowest BCUT2D eigenvalue weighted by Crippen LogP contribution is -2.22. The summed E-state index contributed by atoms with van der Waals surface area (Å²) in [6, 6.07) is 15.1. The maximum Gasteiger partial charge on any atom is 0.267 e. The van der Waals surface area contributed by atoms with Crippen LogP contribution in [0.1, 0.15) is 5.56 Å². The number of H-pyrrole nitrogens is 1. The van der Waals surface area contributed by atoms with Crippen LogP contribution < -0.4 is 10.3 Å². The number of benzene rings is 2. The topological polar surface area (TPSA) is 93.3 Å². The van der Waals surface area contributed by atoms with Gasteiger partial charge in [-0.15, -0.1) is 0 Å². The van der Waals surface area contributed by atoms with E-state index in [-0.39, 0.29) is 0 Å². The Morgan fingerprint density at radius 2 is 1.81 bits per heavy atom. The third kappa shape index (κ3) is 4.32. The Morgan fingerprint density at radius 3 is 2.52 bits per heavy atom. The summed E-state index contributed by atoms with van der Waals surface area (Å²) in [6.45, 7) is 0. The molecule has 0 radical (unpaired) electrons. The molecule has 0 amide bonds. The average Bonchev–Trinajstić information content (AvgIpc) is 2.65. The summed E-state index contributed by atoms with van der Waals surface area (Å²) in [7, 11) is -2.51. The Kier molecular flexibility index (Phi) is 5.23.